The summed E-state index contributed by atoms with van der Waals surface area (Å²) in [6, 6.07) is 2.08. The fraction of sp³-hybridized carbons (Fsp3) is 0.556. The highest BCUT2D eigenvalue weighted by Crippen LogP contribution is 2.24. The Hall–Kier alpha value is -0.290. The van der Waals surface area contributed by atoms with E-state index in [0.717, 1.165) is 14.1 Å². The van der Waals surface area contributed by atoms with Crippen LogP contribution >= 0.6 is 8.58 Å². The van der Waals surface area contributed by atoms with Gasteiger partial charge in [0.15, 0.2) is 0 Å². The first-order valence-corrected chi connectivity index (χ1v) is 5.31. The molecular weight excluding hydrogens is 155 g/mol. The van der Waals surface area contributed by atoms with Gasteiger partial charge in [-0.3, -0.25) is 0 Å². The quantitative estimate of drug-likeness (QED) is 0.590. The number of furan rings is 1. The van der Waals surface area contributed by atoms with Crippen LogP contribution in [0.4, 0.5) is 0 Å². The lowest BCUT2D eigenvalue weighted by Gasteiger charge is -2.17. The largest absolute Gasteiger partial charge is 0.465 e. The molecule has 1 aromatic rings. The Morgan fingerprint density at radius 2 is 2.00 bits per heavy atom. The third-order valence-corrected chi connectivity index (χ3v) is 2.54. The molecule has 0 aliphatic rings. The molecule has 62 valence electrons. The van der Waals surface area contributed by atoms with Crippen LogP contribution in [0.25, 0.3) is 0 Å². The molecule has 0 aliphatic carbocycles. The van der Waals surface area contributed by atoms with Crippen molar-refractivity contribution in [1.82, 2.24) is 0 Å². The van der Waals surface area contributed by atoms with Crippen LogP contribution in [0.1, 0.15) is 26.3 Å². The summed E-state index contributed by atoms with van der Waals surface area (Å²) >= 11 is 0. The molecule has 0 fully saturated rings. The highest BCUT2D eigenvalue weighted by atomic mass is 31.1. The van der Waals surface area contributed by atoms with Crippen molar-refractivity contribution in [2.24, 2.45) is 0 Å². The summed E-state index contributed by atoms with van der Waals surface area (Å²) in [5.74, 6) is 0. The molecular formula is C9H15OP. The third kappa shape index (κ3) is 1.84. The minimum Gasteiger partial charge on any atom is -0.465 e. The molecule has 1 nitrogen and oxygen atoms in total. The molecule has 0 bridgehead atoms. The van der Waals surface area contributed by atoms with Crippen LogP contribution in [0.15, 0.2) is 16.7 Å². The smallest absolute Gasteiger partial charge is 0.125 e. The van der Waals surface area contributed by atoms with Crippen molar-refractivity contribution < 1.29 is 4.42 Å². The lowest BCUT2D eigenvalue weighted by atomic mass is 9.89. The van der Waals surface area contributed by atoms with Crippen molar-refractivity contribution in [3.63, 3.8) is 0 Å². The number of hydrogen-bond acceptors (Lipinski definition) is 1. The van der Waals surface area contributed by atoms with Crippen molar-refractivity contribution in [3.8, 4) is 0 Å². The van der Waals surface area contributed by atoms with Gasteiger partial charge >= 0.3 is 0 Å². The van der Waals surface area contributed by atoms with E-state index in [1.54, 1.807) is 6.26 Å². The topological polar surface area (TPSA) is 13.1 Å². The Morgan fingerprint density at radius 3 is 2.36 bits per heavy atom. The monoisotopic (exact) mass is 170 g/mol. The van der Waals surface area contributed by atoms with E-state index >= 15 is 0 Å². The first-order chi connectivity index (χ1) is 5.05. The zero-order valence-corrected chi connectivity index (χ0v) is 8.56. The fourth-order valence-corrected chi connectivity index (χ4v) is 2.01. The maximum Gasteiger partial charge on any atom is 0.125 e. The molecule has 1 atom stereocenters. The zero-order chi connectivity index (χ0) is 8.48. The van der Waals surface area contributed by atoms with Crippen molar-refractivity contribution in [2.75, 3.05) is 6.66 Å². The van der Waals surface area contributed by atoms with E-state index in [1.165, 1.54) is 5.56 Å². The van der Waals surface area contributed by atoms with E-state index < -0.39 is 0 Å². The molecule has 1 aromatic heterocycles. The summed E-state index contributed by atoms with van der Waals surface area (Å²) in [5.41, 5.74) is 2.72. The maximum atomic E-state index is 5.35. The standard InChI is InChI=1S/C9H15OP/c1-9(2,3)7-5-6-10-8(7)11-4/h5-6,11H,1-4H3. The number of hydrogen-bond donors (Lipinski definition) is 0. The van der Waals surface area contributed by atoms with Gasteiger partial charge in [-0.2, -0.15) is 0 Å². The molecule has 0 saturated heterocycles. The van der Waals surface area contributed by atoms with Gasteiger partial charge in [-0.1, -0.05) is 29.4 Å². The maximum absolute atomic E-state index is 5.35. The van der Waals surface area contributed by atoms with Gasteiger partial charge in [0.25, 0.3) is 0 Å². The van der Waals surface area contributed by atoms with Crippen molar-refractivity contribution in [3.05, 3.63) is 17.9 Å². The minimum absolute atomic E-state index is 0.228. The second-order valence-corrected chi connectivity index (χ2v) is 4.62. The first kappa shape index (κ1) is 8.80. The van der Waals surface area contributed by atoms with Gasteiger partial charge in [0.05, 0.1) is 6.26 Å². The van der Waals surface area contributed by atoms with Gasteiger partial charge in [-0.15, -0.1) is 0 Å². The van der Waals surface area contributed by atoms with Crippen LogP contribution in [0.3, 0.4) is 0 Å². The molecule has 0 N–H and O–H groups in total. The molecule has 2 heteroatoms. The second kappa shape index (κ2) is 2.98. The highest BCUT2D eigenvalue weighted by Gasteiger charge is 2.18. The van der Waals surface area contributed by atoms with E-state index in [2.05, 4.69) is 33.5 Å². The Kier molecular flexibility index (Phi) is 2.39. The third-order valence-electron chi connectivity index (χ3n) is 1.70. The van der Waals surface area contributed by atoms with Crippen molar-refractivity contribution in [1.29, 1.82) is 0 Å². The predicted molar refractivity (Wildman–Crippen MR) is 51.3 cm³/mol. The lowest BCUT2D eigenvalue weighted by molar-refractivity contribution is 0.567. The summed E-state index contributed by atoms with van der Waals surface area (Å²) in [7, 11) is 0.760. The molecule has 0 aliphatic heterocycles. The van der Waals surface area contributed by atoms with Crippen LogP contribution in [0.2, 0.25) is 0 Å². The average molecular weight is 170 g/mol. The van der Waals surface area contributed by atoms with E-state index in [4.69, 9.17) is 4.42 Å². The molecule has 0 amide bonds. The van der Waals surface area contributed by atoms with Gasteiger partial charge in [-0.25, -0.2) is 0 Å². The highest BCUT2D eigenvalue weighted by molar-refractivity contribution is 7.45. The molecule has 0 radical (unpaired) electrons. The van der Waals surface area contributed by atoms with E-state index in [0.29, 0.717) is 0 Å². The van der Waals surface area contributed by atoms with Crippen LogP contribution in [-0.2, 0) is 5.41 Å². The predicted octanol–water partition coefficient (Wildman–Crippen LogP) is 2.51. The molecule has 1 heterocycles. The van der Waals surface area contributed by atoms with Gasteiger partial charge in [0.2, 0.25) is 0 Å². The van der Waals surface area contributed by atoms with Gasteiger partial charge in [0, 0.05) is 5.56 Å². The molecule has 0 saturated carbocycles. The van der Waals surface area contributed by atoms with Gasteiger partial charge in [-0.05, 0) is 18.1 Å². The summed E-state index contributed by atoms with van der Waals surface area (Å²) in [6.45, 7) is 8.78. The lowest BCUT2D eigenvalue weighted by Crippen LogP contribution is -2.16. The molecule has 1 unspecified atom stereocenters. The van der Waals surface area contributed by atoms with Crippen LogP contribution in [0, 0.1) is 0 Å². The Labute approximate surface area is 70.0 Å². The zero-order valence-electron chi connectivity index (χ0n) is 7.56. The minimum atomic E-state index is 0.228. The summed E-state index contributed by atoms with van der Waals surface area (Å²) in [6.07, 6.45) is 1.78. The van der Waals surface area contributed by atoms with Crippen molar-refractivity contribution in [2.45, 2.75) is 26.2 Å². The van der Waals surface area contributed by atoms with Crippen LogP contribution < -0.4 is 5.50 Å². The Morgan fingerprint density at radius 1 is 1.36 bits per heavy atom. The SMILES string of the molecule is CPc1occc1C(C)(C)C. The normalized spacial score (nSPS) is 13.1. The summed E-state index contributed by atoms with van der Waals surface area (Å²) in [5, 5.41) is 0. The van der Waals surface area contributed by atoms with E-state index in [9.17, 15) is 0 Å². The fourth-order valence-electron chi connectivity index (χ4n) is 1.09. The summed E-state index contributed by atoms with van der Waals surface area (Å²) < 4.78 is 5.35. The summed E-state index contributed by atoms with van der Waals surface area (Å²) in [4.78, 5) is 0. The van der Waals surface area contributed by atoms with Crippen LogP contribution in [-0.4, -0.2) is 6.66 Å². The average Bonchev–Trinajstić information content (AvgIpc) is 2.31. The van der Waals surface area contributed by atoms with E-state index in [-0.39, 0.29) is 5.41 Å². The Bertz CT molecular complexity index is 232. The Balaban J connectivity index is 3.02. The van der Waals surface area contributed by atoms with Gasteiger partial charge in [0.1, 0.15) is 5.50 Å². The number of rotatable bonds is 1. The molecule has 0 spiro atoms. The van der Waals surface area contributed by atoms with Gasteiger partial charge < -0.3 is 4.42 Å². The molecule has 11 heavy (non-hydrogen) atoms. The van der Waals surface area contributed by atoms with Crippen LogP contribution in [0.5, 0.6) is 0 Å². The molecule has 0 aromatic carbocycles. The second-order valence-electron chi connectivity index (χ2n) is 3.66. The first-order valence-electron chi connectivity index (χ1n) is 3.81. The molecule has 1 rings (SSSR count). The van der Waals surface area contributed by atoms with E-state index in [1.807, 2.05) is 0 Å². The van der Waals surface area contributed by atoms with Crippen molar-refractivity contribution >= 4 is 14.1 Å².